The molecule has 1 aromatic carbocycles. The van der Waals surface area contributed by atoms with Gasteiger partial charge in [0.25, 0.3) is 0 Å². The van der Waals surface area contributed by atoms with Gasteiger partial charge in [-0.15, -0.1) is 0 Å². The first-order valence-corrected chi connectivity index (χ1v) is 9.28. The molecule has 0 fully saturated rings. The van der Waals surface area contributed by atoms with Gasteiger partial charge in [-0.1, -0.05) is 23.2 Å². The number of methoxy groups -OCH3 is 1. The van der Waals surface area contributed by atoms with Crippen LogP contribution in [0.1, 0.15) is 5.69 Å². The van der Waals surface area contributed by atoms with Gasteiger partial charge in [0.1, 0.15) is 5.75 Å². The van der Waals surface area contributed by atoms with Crippen molar-refractivity contribution in [2.75, 3.05) is 7.11 Å². The van der Waals surface area contributed by atoms with Crippen molar-refractivity contribution in [3.63, 3.8) is 0 Å². The Morgan fingerprint density at radius 3 is 2.45 bits per heavy atom. The van der Waals surface area contributed by atoms with Crippen LogP contribution in [0.25, 0.3) is 0 Å². The van der Waals surface area contributed by atoms with Gasteiger partial charge in [-0.05, 0) is 46.9 Å². The molecule has 9 heteroatoms. The van der Waals surface area contributed by atoms with Gasteiger partial charge in [-0.3, -0.25) is 4.98 Å². The first-order valence-electron chi connectivity index (χ1n) is 5.96. The Labute approximate surface area is 152 Å². The molecule has 5 nitrogen and oxygen atoms in total. The van der Waals surface area contributed by atoms with Gasteiger partial charge in [-0.2, -0.15) is 0 Å². The van der Waals surface area contributed by atoms with E-state index in [1.165, 1.54) is 25.3 Å². The van der Waals surface area contributed by atoms with Crippen LogP contribution < -0.4 is 9.46 Å². The molecule has 118 valence electrons. The third-order valence-electron chi connectivity index (χ3n) is 2.69. The number of nitrogens with zero attached hydrogens (tertiary/aromatic N) is 1. The summed E-state index contributed by atoms with van der Waals surface area (Å²) >= 11 is 13.8. The van der Waals surface area contributed by atoms with E-state index in [2.05, 4.69) is 32.3 Å². The molecule has 0 bridgehead atoms. The van der Waals surface area contributed by atoms with Crippen LogP contribution in [0.2, 0.25) is 10.0 Å². The van der Waals surface area contributed by atoms with Gasteiger partial charge < -0.3 is 4.74 Å². The SMILES string of the molecule is COc1cc(I)cnc1CNS(=O)(=O)c1cc(Cl)cc(Cl)c1. The molecule has 0 aliphatic heterocycles. The summed E-state index contributed by atoms with van der Waals surface area (Å²) in [4.78, 5) is 4.16. The lowest BCUT2D eigenvalue weighted by Gasteiger charge is -2.10. The second kappa shape index (κ2) is 7.31. The van der Waals surface area contributed by atoms with Crippen molar-refractivity contribution in [1.29, 1.82) is 0 Å². The largest absolute Gasteiger partial charge is 0.495 e. The molecule has 0 unspecified atom stereocenters. The monoisotopic (exact) mass is 472 g/mol. The number of benzene rings is 1. The lowest BCUT2D eigenvalue weighted by Crippen LogP contribution is -2.24. The van der Waals surface area contributed by atoms with Crippen molar-refractivity contribution in [1.82, 2.24) is 9.71 Å². The number of pyridine rings is 1. The highest BCUT2D eigenvalue weighted by molar-refractivity contribution is 14.1. The lowest BCUT2D eigenvalue weighted by atomic mass is 10.3. The molecule has 0 amide bonds. The standard InChI is InChI=1S/C13H11Cl2IN2O3S/c1-21-13-5-10(16)6-17-12(13)7-18-22(19,20)11-3-8(14)2-9(15)4-11/h2-6,18H,7H2,1H3. The summed E-state index contributed by atoms with van der Waals surface area (Å²) in [6.45, 7) is -0.00738. The maximum absolute atomic E-state index is 12.3. The molecule has 0 atom stereocenters. The maximum atomic E-state index is 12.3. The molecular formula is C13H11Cl2IN2O3S. The summed E-state index contributed by atoms with van der Waals surface area (Å²) in [5.74, 6) is 0.513. The molecule has 2 aromatic rings. The number of ether oxygens (including phenoxy) is 1. The topological polar surface area (TPSA) is 68.3 Å². The second-order valence-corrected chi connectivity index (χ2v) is 8.12. The molecule has 2 rings (SSSR count). The third-order valence-corrected chi connectivity index (χ3v) is 5.10. The summed E-state index contributed by atoms with van der Waals surface area (Å²) in [5, 5.41) is 0.496. The number of hydrogen-bond donors (Lipinski definition) is 1. The van der Waals surface area contributed by atoms with Gasteiger partial charge >= 0.3 is 0 Å². The van der Waals surface area contributed by atoms with Gasteiger partial charge in [0, 0.05) is 19.8 Å². The highest BCUT2D eigenvalue weighted by Crippen LogP contribution is 2.23. The van der Waals surface area contributed by atoms with E-state index in [4.69, 9.17) is 27.9 Å². The van der Waals surface area contributed by atoms with Crippen LogP contribution in [0.4, 0.5) is 0 Å². The van der Waals surface area contributed by atoms with Crippen molar-refractivity contribution in [3.05, 3.63) is 49.8 Å². The molecule has 1 N–H and O–H groups in total. The number of sulfonamides is 1. The number of nitrogens with one attached hydrogen (secondary N) is 1. The van der Waals surface area contributed by atoms with E-state index in [0.717, 1.165) is 3.57 Å². The van der Waals surface area contributed by atoms with Gasteiger partial charge in [-0.25, -0.2) is 13.1 Å². The predicted octanol–water partition coefficient (Wildman–Crippen LogP) is 3.48. The molecular weight excluding hydrogens is 462 g/mol. The smallest absolute Gasteiger partial charge is 0.241 e. The van der Waals surface area contributed by atoms with Crippen molar-refractivity contribution in [2.45, 2.75) is 11.4 Å². The van der Waals surface area contributed by atoms with E-state index in [1.54, 1.807) is 12.3 Å². The van der Waals surface area contributed by atoms with Crippen LogP contribution in [0, 0.1) is 3.57 Å². The van der Waals surface area contributed by atoms with E-state index in [0.29, 0.717) is 11.4 Å². The highest BCUT2D eigenvalue weighted by atomic mass is 127. The molecule has 0 saturated carbocycles. The van der Waals surface area contributed by atoms with Crippen LogP contribution in [-0.2, 0) is 16.6 Å². The minimum atomic E-state index is -3.75. The molecule has 0 aliphatic rings. The number of rotatable bonds is 5. The zero-order valence-corrected chi connectivity index (χ0v) is 15.8. The Balaban J connectivity index is 2.23. The van der Waals surface area contributed by atoms with Crippen molar-refractivity contribution in [3.8, 4) is 5.75 Å². The van der Waals surface area contributed by atoms with Gasteiger partial charge in [0.2, 0.25) is 10.0 Å². The quantitative estimate of drug-likeness (QED) is 0.676. The average molecular weight is 473 g/mol. The van der Waals surface area contributed by atoms with Crippen LogP contribution in [0.3, 0.4) is 0 Å². The maximum Gasteiger partial charge on any atom is 0.241 e. The Hall–Kier alpha value is -0.610. The Kier molecular flexibility index (Phi) is 5.89. The number of aromatic nitrogens is 1. The van der Waals surface area contributed by atoms with Crippen LogP contribution >= 0.6 is 45.8 Å². The summed E-state index contributed by atoms with van der Waals surface area (Å²) in [6, 6.07) is 5.89. The number of halogens is 3. The van der Waals surface area contributed by atoms with Crippen molar-refractivity contribution in [2.24, 2.45) is 0 Å². The summed E-state index contributed by atoms with van der Waals surface area (Å²) in [7, 11) is -2.25. The molecule has 1 heterocycles. The Bertz CT molecular complexity index is 780. The third kappa shape index (κ3) is 4.45. The van der Waals surface area contributed by atoms with E-state index in [-0.39, 0.29) is 21.5 Å². The zero-order valence-electron chi connectivity index (χ0n) is 11.3. The van der Waals surface area contributed by atoms with Crippen LogP contribution in [0.5, 0.6) is 5.75 Å². The Morgan fingerprint density at radius 2 is 1.86 bits per heavy atom. The summed E-state index contributed by atoms with van der Waals surface area (Å²) < 4.78 is 33.1. The average Bonchev–Trinajstić information content (AvgIpc) is 2.44. The predicted molar refractivity (Wildman–Crippen MR) is 94.0 cm³/mol. The van der Waals surface area contributed by atoms with Crippen molar-refractivity contribution < 1.29 is 13.2 Å². The van der Waals surface area contributed by atoms with Crippen molar-refractivity contribution >= 4 is 55.8 Å². The minimum absolute atomic E-state index is 0.00511. The van der Waals surface area contributed by atoms with E-state index >= 15 is 0 Å². The van der Waals surface area contributed by atoms with Gasteiger partial charge in [0.05, 0.1) is 24.2 Å². The normalized spacial score (nSPS) is 11.5. The fraction of sp³-hybridized carbons (Fsp3) is 0.154. The molecule has 0 spiro atoms. The highest BCUT2D eigenvalue weighted by Gasteiger charge is 2.17. The summed E-state index contributed by atoms with van der Waals surface area (Å²) in [5.41, 5.74) is 0.486. The van der Waals surface area contributed by atoms with Crippen LogP contribution in [0.15, 0.2) is 35.4 Å². The molecule has 0 saturated heterocycles. The molecule has 0 radical (unpaired) electrons. The van der Waals surface area contributed by atoms with E-state index < -0.39 is 10.0 Å². The molecule has 22 heavy (non-hydrogen) atoms. The molecule has 1 aromatic heterocycles. The molecule has 0 aliphatic carbocycles. The van der Waals surface area contributed by atoms with E-state index in [1.807, 2.05) is 0 Å². The fourth-order valence-electron chi connectivity index (χ4n) is 1.69. The lowest BCUT2D eigenvalue weighted by molar-refractivity contribution is 0.405. The second-order valence-electron chi connectivity index (χ2n) is 4.23. The minimum Gasteiger partial charge on any atom is -0.495 e. The van der Waals surface area contributed by atoms with Crippen LogP contribution in [-0.4, -0.2) is 20.5 Å². The first kappa shape index (κ1) is 17.7. The van der Waals surface area contributed by atoms with Gasteiger partial charge in [0.15, 0.2) is 0 Å². The first-order chi connectivity index (χ1) is 10.3. The Morgan fingerprint density at radius 1 is 1.23 bits per heavy atom. The summed E-state index contributed by atoms with van der Waals surface area (Å²) in [6.07, 6.45) is 1.63. The zero-order chi connectivity index (χ0) is 16.3. The number of hydrogen-bond acceptors (Lipinski definition) is 4. The van der Waals surface area contributed by atoms with E-state index in [9.17, 15) is 8.42 Å². The fourth-order valence-corrected chi connectivity index (χ4v) is 3.82.